The van der Waals surface area contributed by atoms with E-state index in [1.54, 1.807) is 0 Å². The van der Waals surface area contributed by atoms with Crippen molar-refractivity contribution >= 4 is 34.3 Å². The molecule has 2 N–H and O–H groups in total. The number of aromatic nitrogens is 2. The Kier molecular flexibility index (Phi) is 4.97. The Morgan fingerprint density at radius 3 is 2.86 bits per heavy atom. The van der Waals surface area contributed by atoms with Crippen LogP contribution in [-0.2, 0) is 4.74 Å². The molecule has 3 rings (SSSR count). The van der Waals surface area contributed by atoms with Crippen LogP contribution in [0.25, 0.3) is 0 Å². The summed E-state index contributed by atoms with van der Waals surface area (Å²) in [6, 6.07) is 0.0808. The first-order chi connectivity index (χ1) is 10.2. The van der Waals surface area contributed by atoms with E-state index in [2.05, 4.69) is 27.8 Å². The van der Waals surface area contributed by atoms with Crippen LogP contribution in [-0.4, -0.2) is 46.5 Å². The number of nitrogens with zero attached hydrogens (tertiary/aromatic N) is 2. The van der Waals surface area contributed by atoms with Crippen LogP contribution >= 0.6 is 23.1 Å². The number of ether oxygens (including phenoxy) is 1. The van der Waals surface area contributed by atoms with Crippen molar-refractivity contribution in [3.05, 3.63) is 5.01 Å². The predicted octanol–water partition coefficient (Wildman–Crippen LogP) is 2.45. The molecule has 2 aliphatic heterocycles. The molecule has 8 heteroatoms. The zero-order chi connectivity index (χ0) is 14.7. The van der Waals surface area contributed by atoms with Crippen LogP contribution in [0.1, 0.15) is 37.1 Å². The number of rotatable bonds is 3. The van der Waals surface area contributed by atoms with Gasteiger partial charge in [0.15, 0.2) is 0 Å². The Hall–Kier alpha value is -0.860. The van der Waals surface area contributed by atoms with Gasteiger partial charge in [0.05, 0.1) is 0 Å². The lowest BCUT2D eigenvalue weighted by Crippen LogP contribution is -2.38. The molecule has 3 heterocycles. The van der Waals surface area contributed by atoms with Crippen LogP contribution in [0.2, 0.25) is 0 Å². The van der Waals surface area contributed by atoms with Gasteiger partial charge in [0.25, 0.3) is 0 Å². The second kappa shape index (κ2) is 6.93. The molecule has 0 aromatic carbocycles. The molecule has 1 aromatic rings. The summed E-state index contributed by atoms with van der Waals surface area (Å²) in [4.78, 5) is 11.9. The zero-order valence-corrected chi connectivity index (χ0v) is 13.6. The molecule has 6 nitrogen and oxygen atoms in total. The summed E-state index contributed by atoms with van der Waals surface area (Å²) in [5, 5.41) is 16.3. The Balaban J connectivity index is 1.50. The van der Waals surface area contributed by atoms with E-state index < -0.39 is 0 Å². The van der Waals surface area contributed by atoms with E-state index in [0.29, 0.717) is 16.3 Å². The monoisotopic (exact) mass is 328 g/mol. The van der Waals surface area contributed by atoms with Crippen LogP contribution in [0, 0.1) is 0 Å². The number of urea groups is 1. The first-order valence-electron chi connectivity index (χ1n) is 7.31. The van der Waals surface area contributed by atoms with Gasteiger partial charge in [0.1, 0.15) is 5.01 Å². The van der Waals surface area contributed by atoms with Crippen molar-refractivity contribution in [2.75, 3.05) is 24.3 Å². The summed E-state index contributed by atoms with van der Waals surface area (Å²) < 4.78 is 5.35. The molecule has 116 valence electrons. The van der Waals surface area contributed by atoms with E-state index in [0.717, 1.165) is 43.2 Å². The van der Waals surface area contributed by atoms with E-state index in [4.69, 9.17) is 4.74 Å². The van der Waals surface area contributed by atoms with Crippen LogP contribution in [0.3, 0.4) is 0 Å². The predicted molar refractivity (Wildman–Crippen MR) is 85.2 cm³/mol. The van der Waals surface area contributed by atoms with Gasteiger partial charge in [-0.2, -0.15) is 11.8 Å². The number of carbonyl (C=O) groups is 1. The highest BCUT2D eigenvalue weighted by Crippen LogP contribution is 2.31. The van der Waals surface area contributed by atoms with Crippen molar-refractivity contribution in [2.45, 2.75) is 43.4 Å². The number of thioether (sulfide) groups is 1. The Bertz CT molecular complexity index is 490. The second-order valence-electron chi connectivity index (χ2n) is 5.51. The maximum absolute atomic E-state index is 11.9. The maximum atomic E-state index is 11.9. The van der Waals surface area contributed by atoms with Crippen molar-refractivity contribution in [2.24, 2.45) is 0 Å². The molecule has 2 amide bonds. The highest BCUT2D eigenvalue weighted by atomic mass is 32.2. The number of hydrogen-bond acceptors (Lipinski definition) is 6. The van der Waals surface area contributed by atoms with Crippen LogP contribution in [0.15, 0.2) is 0 Å². The standard InChI is InChI=1S/C13H20N4O2S2/c1-8-6-10(7-20-8)14-12(18)15-13-17-16-11(21-13)9-2-4-19-5-3-9/h8-10H,2-7H2,1H3,(H2,14,15,17,18). The van der Waals surface area contributed by atoms with Gasteiger partial charge in [-0.15, -0.1) is 10.2 Å². The van der Waals surface area contributed by atoms with E-state index in [9.17, 15) is 4.79 Å². The van der Waals surface area contributed by atoms with Gasteiger partial charge in [-0.3, -0.25) is 5.32 Å². The third-order valence-electron chi connectivity index (χ3n) is 3.77. The lowest BCUT2D eigenvalue weighted by atomic mass is 10.0. The van der Waals surface area contributed by atoms with Crippen molar-refractivity contribution < 1.29 is 9.53 Å². The smallest absolute Gasteiger partial charge is 0.321 e. The fourth-order valence-electron chi connectivity index (χ4n) is 2.63. The first kappa shape index (κ1) is 15.1. The summed E-state index contributed by atoms with van der Waals surface area (Å²) >= 11 is 3.37. The third kappa shape index (κ3) is 4.08. The highest BCUT2D eigenvalue weighted by Gasteiger charge is 2.24. The van der Waals surface area contributed by atoms with Crippen LogP contribution in [0.5, 0.6) is 0 Å². The van der Waals surface area contributed by atoms with Crippen molar-refractivity contribution in [3.63, 3.8) is 0 Å². The van der Waals surface area contributed by atoms with E-state index in [1.807, 2.05) is 11.8 Å². The average molecular weight is 328 g/mol. The van der Waals surface area contributed by atoms with Crippen molar-refractivity contribution in [3.8, 4) is 0 Å². The van der Waals surface area contributed by atoms with Gasteiger partial charge in [0, 0.05) is 36.2 Å². The van der Waals surface area contributed by atoms with Crippen molar-refractivity contribution in [1.82, 2.24) is 15.5 Å². The second-order valence-corrected chi connectivity index (χ2v) is 7.99. The first-order valence-corrected chi connectivity index (χ1v) is 9.17. The minimum absolute atomic E-state index is 0.177. The molecular formula is C13H20N4O2S2. The molecule has 2 saturated heterocycles. The van der Waals surface area contributed by atoms with Gasteiger partial charge in [0.2, 0.25) is 5.13 Å². The highest BCUT2D eigenvalue weighted by molar-refractivity contribution is 8.00. The minimum Gasteiger partial charge on any atom is -0.381 e. The molecule has 0 bridgehead atoms. The molecular weight excluding hydrogens is 308 g/mol. The number of amides is 2. The number of carbonyl (C=O) groups excluding carboxylic acids is 1. The fourth-order valence-corrected chi connectivity index (χ4v) is 4.69. The summed E-state index contributed by atoms with van der Waals surface area (Å²) in [7, 11) is 0. The Labute approximate surface area is 132 Å². The summed E-state index contributed by atoms with van der Waals surface area (Å²) in [6.45, 7) is 3.76. The minimum atomic E-state index is -0.177. The molecule has 21 heavy (non-hydrogen) atoms. The molecule has 2 aliphatic rings. The largest absolute Gasteiger partial charge is 0.381 e. The lowest BCUT2D eigenvalue weighted by Gasteiger charge is -2.18. The van der Waals surface area contributed by atoms with E-state index >= 15 is 0 Å². The van der Waals surface area contributed by atoms with E-state index in [1.165, 1.54) is 11.3 Å². The molecule has 2 atom stereocenters. The normalized spacial score (nSPS) is 26.7. The van der Waals surface area contributed by atoms with Gasteiger partial charge in [-0.25, -0.2) is 4.79 Å². The van der Waals surface area contributed by atoms with E-state index in [-0.39, 0.29) is 12.1 Å². The molecule has 0 spiro atoms. The molecule has 0 saturated carbocycles. The quantitative estimate of drug-likeness (QED) is 0.891. The maximum Gasteiger partial charge on any atom is 0.321 e. The molecule has 1 aromatic heterocycles. The molecule has 2 unspecified atom stereocenters. The van der Waals surface area contributed by atoms with Crippen LogP contribution in [0.4, 0.5) is 9.93 Å². The van der Waals surface area contributed by atoms with Gasteiger partial charge in [-0.1, -0.05) is 18.3 Å². The third-order valence-corrected chi connectivity index (χ3v) is 6.12. The Morgan fingerprint density at radius 1 is 1.33 bits per heavy atom. The average Bonchev–Trinajstić information content (AvgIpc) is 3.09. The van der Waals surface area contributed by atoms with Gasteiger partial charge < -0.3 is 10.1 Å². The molecule has 0 aliphatic carbocycles. The number of hydrogen-bond donors (Lipinski definition) is 2. The number of anilines is 1. The van der Waals surface area contributed by atoms with Gasteiger partial charge >= 0.3 is 6.03 Å². The topological polar surface area (TPSA) is 76.1 Å². The van der Waals surface area contributed by atoms with Crippen LogP contribution < -0.4 is 10.6 Å². The summed E-state index contributed by atoms with van der Waals surface area (Å²) in [5.41, 5.74) is 0. The Morgan fingerprint density at radius 2 is 2.14 bits per heavy atom. The number of nitrogens with one attached hydrogen (secondary N) is 2. The van der Waals surface area contributed by atoms with Crippen molar-refractivity contribution in [1.29, 1.82) is 0 Å². The summed E-state index contributed by atoms with van der Waals surface area (Å²) in [6.07, 6.45) is 3.00. The SMILES string of the molecule is CC1CC(NC(=O)Nc2nnc(C3CCOCC3)s2)CS1. The van der Waals surface area contributed by atoms with Gasteiger partial charge in [-0.05, 0) is 19.3 Å². The summed E-state index contributed by atoms with van der Waals surface area (Å²) in [5.74, 6) is 1.40. The molecule has 2 fully saturated rings. The fraction of sp³-hybridized carbons (Fsp3) is 0.769. The lowest BCUT2D eigenvalue weighted by molar-refractivity contribution is 0.0851. The zero-order valence-electron chi connectivity index (χ0n) is 12.0. The molecule has 0 radical (unpaired) electrons.